The van der Waals surface area contributed by atoms with E-state index in [1.807, 2.05) is 36.4 Å². The highest BCUT2D eigenvalue weighted by molar-refractivity contribution is 9.10. The first-order valence-corrected chi connectivity index (χ1v) is 7.05. The molecule has 20 heavy (non-hydrogen) atoms. The third kappa shape index (κ3) is 3.79. The molecule has 4 nitrogen and oxygen atoms in total. The predicted molar refractivity (Wildman–Crippen MR) is 83.0 cm³/mol. The largest absolute Gasteiger partial charge is 0.382 e. The van der Waals surface area contributed by atoms with E-state index in [0.717, 1.165) is 20.9 Å². The third-order valence-corrected chi connectivity index (χ3v) is 3.50. The topological polar surface area (TPSA) is 47.6 Å². The van der Waals surface area contributed by atoms with E-state index >= 15 is 0 Å². The van der Waals surface area contributed by atoms with Crippen molar-refractivity contribution in [2.75, 3.05) is 32.2 Å². The Morgan fingerprint density at radius 2 is 1.90 bits per heavy atom. The molecular formula is C15H16BrNO3. The number of hydrogen-bond acceptors (Lipinski definition) is 3. The van der Waals surface area contributed by atoms with Gasteiger partial charge in [0.1, 0.15) is 6.61 Å². The monoisotopic (exact) mass is 337 g/mol. The van der Waals surface area contributed by atoms with Crippen LogP contribution in [0.4, 0.5) is 5.69 Å². The van der Waals surface area contributed by atoms with Crippen LogP contribution in [0.25, 0.3) is 10.8 Å². The van der Waals surface area contributed by atoms with Crippen LogP contribution >= 0.6 is 15.9 Å². The third-order valence-electron chi connectivity index (χ3n) is 2.81. The number of hydrogen-bond donors (Lipinski definition) is 1. The van der Waals surface area contributed by atoms with E-state index in [1.54, 1.807) is 7.11 Å². The molecule has 0 radical (unpaired) electrons. The van der Waals surface area contributed by atoms with E-state index in [9.17, 15) is 4.79 Å². The van der Waals surface area contributed by atoms with Crippen molar-refractivity contribution in [3.8, 4) is 0 Å². The van der Waals surface area contributed by atoms with Gasteiger partial charge in [-0.3, -0.25) is 4.79 Å². The van der Waals surface area contributed by atoms with Crippen molar-refractivity contribution in [2.45, 2.75) is 0 Å². The minimum absolute atomic E-state index is 0.0216. The van der Waals surface area contributed by atoms with Gasteiger partial charge >= 0.3 is 0 Å². The fourth-order valence-electron chi connectivity index (χ4n) is 1.86. The van der Waals surface area contributed by atoms with Gasteiger partial charge in [-0.25, -0.2) is 0 Å². The number of methoxy groups -OCH3 is 1. The minimum atomic E-state index is -0.173. The molecule has 0 saturated heterocycles. The lowest BCUT2D eigenvalue weighted by Crippen LogP contribution is -2.19. The highest BCUT2D eigenvalue weighted by atomic mass is 79.9. The van der Waals surface area contributed by atoms with Crippen molar-refractivity contribution in [3.63, 3.8) is 0 Å². The Hall–Kier alpha value is -1.43. The number of rotatable bonds is 6. The van der Waals surface area contributed by atoms with E-state index in [0.29, 0.717) is 13.2 Å². The number of amides is 1. The summed E-state index contributed by atoms with van der Waals surface area (Å²) in [6, 6.07) is 11.7. The molecule has 0 heterocycles. The van der Waals surface area contributed by atoms with Crippen molar-refractivity contribution in [1.29, 1.82) is 0 Å². The van der Waals surface area contributed by atoms with Gasteiger partial charge in [-0.15, -0.1) is 0 Å². The molecule has 0 aliphatic heterocycles. The lowest BCUT2D eigenvalue weighted by Gasteiger charge is -2.10. The Morgan fingerprint density at radius 3 is 2.65 bits per heavy atom. The molecule has 2 rings (SSSR count). The molecule has 0 bridgehead atoms. The molecule has 0 saturated carbocycles. The molecule has 0 aliphatic carbocycles. The summed E-state index contributed by atoms with van der Waals surface area (Å²) in [5, 5.41) is 4.92. The second-order valence-corrected chi connectivity index (χ2v) is 5.09. The SMILES string of the molecule is COCCOCC(=O)Nc1ccc(Br)c2ccccc12. The van der Waals surface area contributed by atoms with Gasteiger partial charge in [0.05, 0.1) is 13.2 Å². The predicted octanol–water partition coefficient (Wildman–Crippen LogP) is 3.20. The molecular weight excluding hydrogens is 322 g/mol. The molecule has 0 aromatic heterocycles. The Bertz CT molecular complexity index is 601. The molecule has 0 unspecified atom stereocenters. The summed E-state index contributed by atoms with van der Waals surface area (Å²) >= 11 is 3.51. The van der Waals surface area contributed by atoms with Crippen LogP contribution in [-0.4, -0.2) is 32.8 Å². The lowest BCUT2D eigenvalue weighted by molar-refractivity contribution is -0.121. The average molecular weight is 338 g/mol. The van der Waals surface area contributed by atoms with Gasteiger partial charge in [0.2, 0.25) is 5.91 Å². The molecule has 0 spiro atoms. The fourth-order valence-corrected chi connectivity index (χ4v) is 2.34. The van der Waals surface area contributed by atoms with Crippen LogP contribution in [-0.2, 0) is 14.3 Å². The summed E-state index contributed by atoms with van der Waals surface area (Å²) in [5.74, 6) is -0.173. The molecule has 0 atom stereocenters. The smallest absolute Gasteiger partial charge is 0.250 e. The zero-order valence-electron chi connectivity index (χ0n) is 11.2. The maximum Gasteiger partial charge on any atom is 0.250 e. The standard InChI is InChI=1S/C15H16BrNO3/c1-19-8-9-20-10-15(18)17-14-7-6-13(16)11-4-2-3-5-12(11)14/h2-7H,8-10H2,1H3,(H,17,18). The maximum absolute atomic E-state index is 11.8. The van der Waals surface area contributed by atoms with Gasteiger partial charge in [0.15, 0.2) is 0 Å². The molecule has 106 valence electrons. The zero-order chi connectivity index (χ0) is 14.4. The van der Waals surface area contributed by atoms with Crippen LogP contribution in [0.3, 0.4) is 0 Å². The normalized spacial score (nSPS) is 10.7. The van der Waals surface area contributed by atoms with Crippen LogP contribution in [0.15, 0.2) is 40.9 Å². The van der Waals surface area contributed by atoms with Gasteiger partial charge in [-0.2, -0.15) is 0 Å². The number of nitrogens with one attached hydrogen (secondary N) is 1. The molecule has 0 aliphatic rings. The molecule has 2 aromatic carbocycles. The Morgan fingerprint density at radius 1 is 1.15 bits per heavy atom. The second-order valence-electron chi connectivity index (χ2n) is 4.23. The van der Waals surface area contributed by atoms with Crippen LogP contribution in [0.5, 0.6) is 0 Å². The quantitative estimate of drug-likeness (QED) is 0.823. The van der Waals surface area contributed by atoms with Crippen LogP contribution < -0.4 is 5.32 Å². The molecule has 0 fully saturated rings. The summed E-state index contributed by atoms with van der Waals surface area (Å²) in [7, 11) is 1.59. The number of anilines is 1. The van der Waals surface area contributed by atoms with Gasteiger partial charge in [0.25, 0.3) is 0 Å². The molecule has 2 aromatic rings. The van der Waals surface area contributed by atoms with Gasteiger partial charge in [-0.05, 0) is 17.5 Å². The van der Waals surface area contributed by atoms with Crippen molar-refractivity contribution in [1.82, 2.24) is 0 Å². The Kier molecular flexibility index (Phi) is 5.52. The van der Waals surface area contributed by atoms with Gasteiger partial charge in [0, 0.05) is 22.7 Å². The molecule has 1 amide bonds. The first-order valence-electron chi connectivity index (χ1n) is 6.26. The minimum Gasteiger partial charge on any atom is -0.382 e. The first kappa shape index (κ1) is 15.0. The second kappa shape index (κ2) is 7.38. The van der Waals surface area contributed by atoms with Crippen molar-refractivity contribution >= 4 is 38.3 Å². The van der Waals surface area contributed by atoms with Crippen LogP contribution in [0.2, 0.25) is 0 Å². The molecule has 5 heteroatoms. The number of carbonyl (C=O) groups is 1. The summed E-state index contributed by atoms with van der Waals surface area (Å²) < 4.78 is 11.1. The highest BCUT2D eigenvalue weighted by Gasteiger charge is 2.07. The number of fused-ring (bicyclic) bond motifs is 1. The van der Waals surface area contributed by atoms with Gasteiger partial charge < -0.3 is 14.8 Å². The van der Waals surface area contributed by atoms with E-state index in [1.165, 1.54) is 0 Å². The fraction of sp³-hybridized carbons (Fsp3) is 0.267. The average Bonchev–Trinajstić information content (AvgIpc) is 2.47. The Balaban J connectivity index is 2.06. The summed E-state index contributed by atoms with van der Waals surface area (Å²) in [4.78, 5) is 11.8. The zero-order valence-corrected chi connectivity index (χ0v) is 12.8. The lowest BCUT2D eigenvalue weighted by atomic mass is 10.1. The van der Waals surface area contributed by atoms with Crippen molar-refractivity contribution in [2.24, 2.45) is 0 Å². The van der Waals surface area contributed by atoms with Gasteiger partial charge in [-0.1, -0.05) is 40.2 Å². The number of carbonyl (C=O) groups excluding carboxylic acids is 1. The summed E-state index contributed by atoms with van der Waals surface area (Å²) in [6.45, 7) is 0.910. The number of benzene rings is 2. The van der Waals surface area contributed by atoms with E-state index in [-0.39, 0.29) is 12.5 Å². The number of ether oxygens (including phenoxy) is 2. The van der Waals surface area contributed by atoms with Crippen LogP contribution in [0.1, 0.15) is 0 Å². The van der Waals surface area contributed by atoms with Crippen molar-refractivity contribution in [3.05, 3.63) is 40.9 Å². The summed E-state index contributed by atoms with van der Waals surface area (Å²) in [5.41, 5.74) is 0.782. The van der Waals surface area contributed by atoms with E-state index in [4.69, 9.17) is 9.47 Å². The van der Waals surface area contributed by atoms with Crippen molar-refractivity contribution < 1.29 is 14.3 Å². The number of halogens is 1. The maximum atomic E-state index is 11.8. The first-order chi connectivity index (χ1) is 9.72. The van der Waals surface area contributed by atoms with E-state index in [2.05, 4.69) is 21.2 Å². The van der Waals surface area contributed by atoms with Crippen LogP contribution in [0, 0.1) is 0 Å². The van der Waals surface area contributed by atoms with E-state index < -0.39 is 0 Å². The highest BCUT2D eigenvalue weighted by Crippen LogP contribution is 2.29. The Labute approximate surface area is 126 Å². The molecule has 1 N–H and O–H groups in total. The summed E-state index contributed by atoms with van der Waals surface area (Å²) in [6.07, 6.45) is 0.